The minimum absolute atomic E-state index is 0.557. The minimum Gasteiger partial charge on any atom is -0.372 e. The van der Waals surface area contributed by atoms with Crippen molar-refractivity contribution in [3.05, 3.63) is 48.0 Å². The molecule has 1 aromatic carbocycles. The Morgan fingerprint density at radius 3 is 2.67 bits per heavy atom. The van der Waals surface area contributed by atoms with E-state index < -0.39 is 0 Å². The van der Waals surface area contributed by atoms with Crippen molar-refractivity contribution < 1.29 is 0 Å². The first-order valence-corrected chi connectivity index (χ1v) is 9.46. The van der Waals surface area contributed by atoms with E-state index in [2.05, 4.69) is 50.2 Å². The summed E-state index contributed by atoms with van der Waals surface area (Å²) in [7, 11) is 0. The van der Waals surface area contributed by atoms with Crippen molar-refractivity contribution in [3.63, 3.8) is 0 Å². The SMILES string of the molecule is c1cn2c(n1)[C@@H](CNCc1ccc(N3CCCCC3)cc1)CCC2. The Labute approximate surface area is 144 Å². The Hall–Kier alpha value is -1.81. The summed E-state index contributed by atoms with van der Waals surface area (Å²) in [6.07, 6.45) is 10.6. The highest BCUT2D eigenvalue weighted by Crippen LogP contribution is 2.25. The van der Waals surface area contributed by atoms with Gasteiger partial charge in [0.25, 0.3) is 0 Å². The Morgan fingerprint density at radius 2 is 1.83 bits per heavy atom. The van der Waals surface area contributed by atoms with E-state index in [1.807, 2.05) is 6.20 Å². The van der Waals surface area contributed by atoms with Crippen molar-refractivity contribution >= 4 is 5.69 Å². The van der Waals surface area contributed by atoms with E-state index in [4.69, 9.17) is 0 Å². The molecule has 4 nitrogen and oxygen atoms in total. The average Bonchev–Trinajstić information content (AvgIpc) is 3.13. The molecule has 4 heteroatoms. The molecule has 2 aromatic rings. The lowest BCUT2D eigenvalue weighted by Gasteiger charge is -2.29. The fraction of sp³-hybridized carbons (Fsp3) is 0.550. The van der Waals surface area contributed by atoms with E-state index in [0.717, 1.165) is 19.6 Å². The molecule has 2 aliphatic rings. The summed E-state index contributed by atoms with van der Waals surface area (Å²) >= 11 is 0. The van der Waals surface area contributed by atoms with E-state index in [9.17, 15) is 0 Å². The summed E-state index contributed by atoms with van der Waals surface area (Å²) in [5.74, 6) is 1.82. The molecule has 0 saturated carbocycles. The third-order valence-corrected chi connectivity index (χ3v) is 5.44. The molecule has 128 valence electrons. The zero-order chi connectivity index (χ0) is 16.2. The smallest absolute Gasteiger partial charge is 0.113 e. The molecule has 0 unspecified atom stereocenters. The fourth-order valence-electron chi connectivity index (χ4n) is 4.07. The van der Waals surface area contributed by atoms with Crippen LogP contribution in [0.3, 0.4) is 0 Å². The molecule has 3 heterocycles. The van der Waals surface area contributed by atoms with Crippen LogP contribution in [0.5, 0.6) is 0 Å². The average molecular weight is 324 g/mol. The summed E-state index contributed by atoms with van der Waals surface area (Å²) in [4.78, 5) is 7.06. The fourth-order valence-corrected chi connectivity index (χ4v) is 4.07. The number of aromatic nitrogens is 2. The van der Waals surface area contributed by atoms with Crippen molar-refractivity contribution in [3.8, 4) is 0 Å². The van der Waals surface area contributed by atoms with E-state index in [1.54, 1.807) is 0 Å². The number of piperidine rings is 1. The van der Waals surface area contributed by atoms with Gasteiger partial charge in [0.1, 0.15) is 5.82 Å². The summed E-state index contributed by atoms with van der Waals surface area (Å²) in [6, 6.07) is 9.13. The number of aryl methyl sites for hydroxylation is 1. The molecule has 1 N–H and O–H groups in total. The van der Waals surface area contributed by atoms with E-state index in [-0.39, 0.29) is 0 Å². The van der Waals surface area contributed by atoms with Gasteiger partial charge < -0.3 is 14.8 Å². The van der Waals surface area contributed by atoms with Crippen molar-refractivity contribution in [1.82, 2.24) is 14.9 Å². The number of hydrogen-bond donors (Lipinski definition) is 1. The third-order valence-electron chi connectivity index (χ3n) is 5.44. The second-order valence-electron chi connectivity index (χ2n) is 7.16. The van der Waals surface area contributed by atoms with Crippen LogP contribution in [0.4, 0.5) is 5.69 Å². The molecule has 0 amide bonds. The Kier molecular flexibility index (Phi) is 4.83. The van der Waals surface area contributed by atoms with Crippen LogP contribution in [0.1, 0.15) is 49.4 Å². The van der Waals surface area contributed by atoms with Crippen LogP contribution in [-0.2, 0) is 13.1 Å². The molecule has 0 aliphatic carbocycles. The van der Waals surface area contributed by atoms with Crippen LogP contribution in [0.15, 0.2) is 36.7 Å². The molecule has 2 aliphatic heterocycles. The van der Waals surface area contributed by atoms with Gasteiger partial charge in [0.05, 0.1) is 0 Å². The summed E-state index contributed by atoms with van der Waals surface area (Å²) in [5.41, 5.74) is 2.75. The highest BCUT2D eigenvalue weighted by molar-refractivity contribution is 5.47. The van der Waals surface area contributed by atoms with Gasteiger partial charge in [0.2, 0.25) is 0 Å². The predicted octanol–water partition coefficient (Wildman–Crippen LogP) is 3.54. The van der Waals surface area contributed by atoms with Gasteiger partial charge in [-0.15, -0.1) is 0 Å². The molecule has 1 aromatic heterocycles. The van der Waals surface area contributed by atoms with Crippen molar-refractivity contribution in [2.24, 2.45) is 0 Å². The van der Waals surface area contributed by atoms with Crippen molar-refractivity contribution in [2.45, 2.75) is 51.1 Å². The molecular weight excluding hydrogens is 296 g/mol. The molecule has 0 radical (unpaired) electrons. The number of nitrogens with zero attached hydrogens (tertiary/aromatic N) is 3. The number of benzene rings is 1. The number of fused-ring (bicyclic) bond motifs is 1. The first-order valence-electron chi connectivity index (χ1n) is 9.46. The zero-order valence-electron chi connectivity index (χ0n) is 14.5. The van der Waals surface area contributed by atoms with E-state index in [1.165, 1.54) is 62.3 Å². The first-order chi connectivity index (χ1) is 11.9. The lowest BCUT2D eigenvalue weighted by Crippen LogP contribution is -2.29. The molecule has 0 spiro atoms. The lowest BCUT2D eigenvalue weighted by molar-refractivity contribution is 0.423. The quantitative estimate of drug-likeness (QED) is 0.913. The second-order valence-corrected chi connectivity index (χ2v) is 7.16. The highest BCUT2D eigenvalue weighted by atomic mass is 15.1. The molecule has 4 rings (SSSR count). The third kappa shape index (κ3) is 3.48. The van der Waals surface area contributed by atoms with Crippen LogP contribution in [-0.4, -0.2) is 29.2 Å². The largest absolute Gasteiger partial charge is 0.372 e. The van der Waals surface area contributed by atoms with Gasteiger partial charge in [-0.05, 0) is 49.8 Å². The van der Waals surface area contributed by atoms with Crippen molar-refractivity contribution in [2.75, 3.05) is 24.5 Å². The van der Waals surface area contributed by atoms with E-state index in [0.29, 0.717) is 5.92 Å². The lowest BCUT2D eigenvalue weighted by atomic mass is 9.99. The highest BCUT2D eigenvalue weighted by Gasteiger charge is 2.20. The monoisotopic (exact) mass is 324 g/mol. The number of hydrogen-bond acceptors (Lipinski definition) is 3. The number of imidazole rings is 1. The standard InChI is InChI=1S/C20H28N4/c1-2-11-23(12-3-1)19-8-6-17(7-9-19)15-21-16-18-5-4-13-24-14-10-22-20(18)24/h6-10,14,18,21H,1-5,11-13,15-16H2/t18-/m1/s1. The van der Waals surface area contributed by atoms with Crippen LogP contribution < -0.4 is 10.2 Å². The molecule has 24 heavy (non-hydrogen) atoms. The number of rotatable bonds is 5. The Balaban J connectivity index is 1.29. The van der Waals surface area contributed by atoms with Gasteiger partial charge in [-0.2, -0.15) is 0 Å². The summed E-state index contributed by atoms with van der Waals surface area (Å²) in [6.45, 7) is 5.52. The Morgan fingerprint density at radius 1 is 1.00 bits per heavy atom. The van der Waals surface area contributed by atoms with Gasteiger partial charge in [-0.1, -0.05) is 12.1 Å². The van der Waals surface area contributed by atoms with Crippen LogP contribution in [0, 0.1) is 0 Å². The maximum Gasteiger partial charge on any atom is 0.113 e. The summed E-state index contributed by atoms with van der Waals surface area (Å²) in [5, 5.41) is 3.63. The second kappa shape index (κ2) is 7.39. The predicted molar refractivity (Wildman–Crippen MR) is 98.4 cm³/mol. The minimum atomic E-state index is 0.557. The Bertz CT molecular complexity index is 640. The summed E-state index contributed by atoms with van der Waals surface area (Å²) < 4.78 is 2.31. The van der Waals surface area contributed by atoms with Gasteiger partial charge in [0.15, 0.2) is 0 Å². The topological polar surface area (TPSA) is 33.1 Å². The maximum atomic E-state index is 4.54. The van der Waals surface area contributed by atoms with Crippen LogP contribution in [0.2, 0.25) is 0 Å². The molecule has 1 fully saturated rings. The molecular formula is C20H28N4. The first kappa shape index (κ1) is 15.7. The van der Waals surface area contributed by atoms with Gasteiger partial charge in [-0.25, -0.2) is 4.98 Å². The van der Waals surface area contributed by atoms with Gasteiger partial charge >= 0.3 is 0 Å². The molecule has 1 atom stereocenters. The van der Waals surface area contributed by atoms with Crippen LogP contribution >= 0.6 is 0 Å². The van der Waals surface area contributed by atoms with E-state index >= 15 is 0 Å². The number of anilines is 1. The van der Waals surface area contributed by atoms with Crippen LogP contribution in [0.25, 0.3) is 0 Å². The maximum absolute atomic E-state index is 4.54. The normalized spacial score (nSPS) is 20.8. The number of nitrogens with one attached hydrogen (secondary N) is 1. The molecule has 0 bridgehead atoms. The molecule has 1 saturated heterocycles. The van der Waals surface area contributed by atoms with Gasteiger partial charge in [0, 0.05) is 56.7 Å². The van der Waals surface area contributed by atoms with Crippen molar-refractivity contribution in [1.29, 1.82) is 0 Å². The zero-order valence-corrected chi connectivity index (χ0v) is 14.5. The van der Waals surface area contributed by atoms with Gasteiger partial charge in [-0.3, -0.25) is 0 Å².